The summed E-state index contributed by atoms with van der Waals surface area (Å²) in [4.78, 5) is 17.3. The third kappa shape index (κ3) is 4.51. The zero-order valence-electron chi connectivity index (χ0n) is 19.9. The maximum absolute atomic E-state index is 13.8. The molecule has 0 saturated carbocycles. The predicted octanol–water partition coefficient (Wildman–Crippen LogP) is 6.34. The molecule has 0 aliphatic heterocycles. The average Bonchev–Trinajstić information content (AvgIpc) is 3.28. The van der Waals surface area contributed by atoms with E-state index in [-0.39, 0.29) is 11.6 Å². The molecule has 1 N–H and O–H groups in total. The van der Waals surface area contributed by atoms with Crippen molar-refractivity contribution in [3.63, 3.8) is 0 Å². The van der Waals surface area contributed by atoms with E-state index in [1.807, 2.05) is 55.5 Å². The normalized spacial score (nSPS) is 13.7. The molecule has 2 aromatic carbocycles. The van der Waals surface area contributed by atoms with Gasteiger partial charge in [0.2, 0.25) is 0 Å². The van der Waals surface area contributed by atoms with Gasteiger partial charge in [0.1, 0.15) is 23.2 Å². The van der Waals surface area contributed by atoms with Crippen molar-refractivity contribution >= 4 is 22.8 Å². The number of aromatic amines is 1. The van der Waals surface area contributed by atoms with Gasteiger partial charge in [-0.3, -0.25) is 4.79 Å². The van der Waals surface area contributed by atoms with Crippen molar-refractivity contribution in [3.8, 4) is 28.1 Å². The molecular weight excluding hydrogens is 462 g/mol. The summed E-state index contributed by atoms with van der Waals surface area (Å²) >= 11 is 5.65. The van der Waals surface area contributed by atoms with Gasteiger partial charge in [0.05, 0.1) is 19.3 Å². The summed E-state index contributed by atoms with van der Waals surface area (Å²) < 4.78 is 12.1. The second kappa shape index (κ2) is 10.1. The molecule has 0 spiro atoms. The molecule has 0 fully saturated rings. The molecule has 180 valence electrons. The second-order valence-electron chi connectivity index (χ2n) is 8.77. The van der Waals surface area contributed by atoms with Crippen molar-refractivity contribution in [1.82, 2.24) is 14.6 Å². The van der Waals surface area contributed by atoms with E-state index in [1.54, 1.807) is 7.11 Å². The molecule has 2 aromatic heterocycles. The fourth-order valence-corrected chi connectivity index (χ4v) is 4.85. The van der Waals surface area contributed by atoms with Crippen LogP contribution in [0.25, 0.3) is 33.6 Å². The van der Waals surface area contributed by atoms with Crippen LogP contribution in [0.3, 0.4) is 0 Å². The second-order valence-corrected chi connectivity index (χ2v) is 8.99. The highest BCUT2D eigenvalue weighted by Crippen LogP contribution is 2.36. The predicted molar refractivity (Wildman–Crippen MR) is 140 cm³/mol. The first-order valence-electron chi connectivity index (χ1n) is 11.8. The average molecular weight is 490 g/mol. The van der Waals surface area contributed by atoms with Gasteiger partial charge in [-0.1, -0.05) is 54.1 Å². The van der Waals surface area contributed by atoms with E-state index in [9.17, 15) is 4.79 Å². The molecule has 0 unspecified atom stereocenters. The molecular formula is C28H28ClN3O3. The molecule has 0 atom stereocenters. The summed E-state index contributed by atoms with van der Waals surface area (Å²) in [5.74, 6) is 0.747. The Bertz CT molecular complexity index is 1430. The minimum absolute atomic E-state index is 0.141. The summed E-state index contributed by atoms with van der Waals surface area (Å²) in [6, 6.07) is 15.8. The summed E-state index contributed by atoms with van der Waals surface area (Å²) in [6.07, 6.45) is 6.61. The van der Waals surface area contributed by atoms with Gasteiger partial charge in [-0.2, -0.15) is 9.61 Å². The number of halogens is 1. The lowest BCUT2D eigenvalue weighted by molar-refractivity contribution is 0.165. The summed E-state index contributed by atoms with van der Waals surface area (Å²) in [5, 5.41) is 4.87. The van der Waals surface area contributed by atoms with Crippen molar-refractivity contribution in [2.75, 3.05) is 13.2 Å². The minimum Gasteiger partial charge on any atom is -0.497 e. The molecule has 0 bridgehead atoms. The number of hydrogen-bond donors (Lipinski definition) is 1. The van der Waals surface area contributed by atoms with E-state index in [1.165, 1.54) is 16.5 Å². The summed E-state index contributed by atoms with van der Waals surface area (Å²) in [5.41, 5.74) is 7.89. The van der Waals surface area contributed by atoms with Gasteiger partial charge in [-0.25, -0.2) is 0 Å². The number of alkyl halides is 1. The Kier molecular flexibility index (Phi) is 6.75. The van der Waals surface area contributed by atoms with Gasteiger partial charge < -0.3 is 14.5 Å². The number of nitrogens with one attached hydrogen (secondary N) is 1. The lowest BCUT2D eigenvalue weighted by Crippen LogP contribution is -2.19. The molecule has 1 aliphatic carbocycles. The molecule has 5 rings (SSSR count). The highest BCUT2D eigenvalue weighted by molar-refractivity contribution is 6.17. The van der Waals surface area contributed by atoms with Crippen LogP contribution in [-0.2, 0) is 11.3 Å². The number of methoxy groups -OCH3 is 1. The van der Waals surface area contributed by atoms with Crippen molar-refractivity contribution in [1.29, 1.82) is 0 Å². The van der Waals surface area contributed by atoms with Crippen molar-refractivity contribution in [2.45, 2.75) is 39.2 Å². The van der Waals surface area contributed by atoms with Crippen LogP contribution in [-0.4, -0.2) is 27.8 Å². The fourth-order valence-electron chi connectivity index (χ4n) is 4.77. The Morgan fingerprint density at radius 1 is 1.03 bits per heavy atom. The number of nitrogens with zero attached hydrogens (tertiary/aromatic N) is 2. The Morgan fingerprint density at radius 2 is 1.77 bits per heavy atom. The largest absolute Gasteiger partial charge is 0.497 e. The van der Waals surface area contributed by atoms with Crippen LogP contribution in [0.4, 0.5) is 0 Å². The summed E-state index contributed by atoms with van der Waals surface area (Å²) in [7, 11) is 1.63. The van der Waals surface area contributed by atoms with Gasteiger partial charge in [0.25, 0.3) is 5.56 Å². The number of benzene rings is 2. The molecule has 7 heteroatoms. The first-order chi connectivity index (χ1) is 17.1. The number of ether oxygens (including phenoxy) is 2. The van der Waals surface area contributed by atoms with Crippen LogP contribution in [0, 0.1) is 6.92 Å². The zero-order valence-corrected chi connectivity index (χ0v) is 20.7. The SMILES string of the molecule is COc1ccc(-c2c(C)[nH]c3c(C4=CCCCC4)c(-c4ccc(COCCl)cc4)nn3c2=O)cc1. The van der Waals surface area contributed by atoms with Gasteiger partial charge >= 0.3 is 0 Å². The Hall–Kier alpha value is -3.35. The molecule has 0 saturated heterocycles. The highest BCUT2D eigenvalue weighted by Gasteiger charge is 2.23. The Morgan fingerprint density at radius 3 is 2.43 bits per heavy atom. The third-order valence-electron chi connectivity index (χ3n) is 6.54. The smallest absolute Gasteiger partial charge is 0.282 e. The molecule has 0 radical (unpaired) electrons. The maximum Gasteiger partial charge on any atom is 0.282 e. The first kappa shape index (κ1) is 23.4. The van der Waals surface area contributed by atoms with E-state index < -0.39 is 0 Å². The van der Waals surface area contributed by atoms with Crippen LogP contribution < -0.4 is 10.3 Å². The van der Waals surface area contributed by atoms with Crippen molar-refractivity contribution < 1.29 is 9.47 Å². The molecule has 35 heavy (non-hydrogen) atoms. The lowest BCUT2D eigenvalue weighted by atomic mass is 9.91. The van der Waals surface area contributed by atoms with Crippen LogP contribution in [0.2, 0.25) is 0 Å². The molecule has 2 heterocycles. The van der Waals surface area contributed by atoms with E-state index >= 15 is 0 Å². The standard InChI is InChI=1S/C28H28ClN3O3/c1-18-24(21-12-14-23(34-2)15-13-21)28(33)32-27(30-18)25(20-6-4-3-5-7-20)26(31-32)22-10-8-19(9-11-22)16-35-17-29/h6,8-15,30H,3-5,7,16-17H2,1-2H3. The quantitative estimate of drug-likeness (QED) is 0.307. The summed E-state index contributed by atoms with van der Waals surface area (Å²) in [6.45, 7) is 2.40. The van der Waals surface area contributed by atoms with E-state index in [0.717, 1.165) is 64.3 Å². The molecule has 1 aliphatic rings. The number of rotatable bonds is 7. The number of allylic oxidation sites excluding steroid dienone is 2. The van der Waals surface area contributed by atoms with E-state index in [0.29, 0.717) is 12.2 Å². The van der Waals surface area contributed by atoms with Gasteiger partial charge in [0.15, 0.2) is 0 Å². The van der Waals surface area contributed by atoms with Crippen LogP contribution in [0.15, 0.2) is 59.4 Å². The number of hydrogen-bond acceptors (Lipinski definition) is 4. The van der Waals surface area contributed by atoms with E-state index in [2.05, 4.69) is 11.1 Å². The zero-order chi connectivity index (χ0) is 24.4. The number of aryl methyl sites for hydroxylation is 1. The maximum atomic E-state index is 13.8. The highest BCUT2D eigenvalue weighted by atomic mass is 35.5. The fraction of sp³-hybridized carbons (Fsp3) is 0.286. The van der Waals surface area contributed by atoms with Crippen molar-refractivity contribution in [3.05, 3.63) is 81.8 Å². The Labute approximate surface area is 209 Å². The molecule has 6 nitrogen and oxygen atoms in total. The first-order valence-corrected chi connectivity index (χ1v) is 12.4. The number of aromatic nitrogens is 3. The topological polar surface area (TPSA) is 68.6 Å². The Balaban J connectivity index is 1.69. The molecule has 0 amide bonds. The number of H-pyrrole nitrogens is 1. The minimum atomic E-state index is -0.141. The van der Waals surface area contributed by atoms with Crippen LogP contribution in [0.1, 0.15) is 42.5 Å². The van der Waals surface area contributed by atoms with Crippen LogP contribution >= 0.6 is 11.6 Å². The monoisotopic (exact) mass is 489 g/mol. The van der Waals surface area contributed by atoms with Crippen LogP contribution in [0.5, 0.6) is 5.75 Å². The lowest BCUT2D eigenvalue weighted by Gasteiger charge is -2.14. The van der Waals surface area contributed by atoms with Crippen molar-refractivity contribution in [2.24, 2.45) is 0 Å². The van der Waals surface area contributed by atoms with Gasteiger partial charge in [-0.05, 0) is 61.4 Å². The molecule has 4 aromatic rings. The third-order valence-corrected chi connectivity index (χ3v) is 6.69. The van der Waals surface area contributed by atoms with E-state index in [4.69, 9.17) is 26.2 Å². The van der Waals surface area contributed by atoms with Gasteiger partial charge in [0, 0.05) is 16.8 Å². The van der Waals surface area contributed by atoms with Gasteiger partial charge in [-0.15, -0.1) is 0 Å². The number of fused-ring (bicyclic) bond motifs is 1.